The van der Waals surface area contributed by atoms with Crippen LogP contribution >= 0.6 is 0 Å². The number of hydrogen-bond donors (Lipinski definition) is 1. The van der Waals surface area contributed by atoms with Crippen LogP contribution in [-0.4, -0.2) is 52.8 Å². The molecule has 1 aromatic rings. The average Bonchev–Trinajstić information content (AvgIpc) is 2.84. The van der Waals surface area contributed by atoms with E-state index in [0.717, 1.165) is 11.4 Å². The van der Waals surface area contributed by atoms with Gasteiger partial charge in [0.1, 0.15) is 0 Å². The number of ether oxygens (including phenoxy) is 1. The molecule has 6 nitrogen and oxygen atoms in total. The predicted molar refractivity (Wildman–Crippen MR) is 98.1 cm³/mol. The number of amides is 1. The first-order valence-corrected chi connectivity index (χ1v) is 8.98. The number of aliphatic carboxylic acids is 1. The van der Waals surface area contributed by atoms with Gasteiger partial charge in [-0.15, -0.1) is 0 Å². The molecule has 142 valence electrons. The summed E-state index contributed by atoms with van der Waals surface area (Å²) >= 11 is 0. The highest BCUT2D eigenvalue weighted by Crippen LogP contribution is 2.22. The zero-order valence-corrected chi connectivity index (χ0v) is 16.3. The molecule has 25 heavy (non-hydrogen) atoms. The Morgan fingerprint density at radius 2 is 1.92 bits per heavy atom. The van der Waals surface area contributed by atoms with E-state index in [0.29, 0.717) is 31.7 Å². The van der Waals surface area contributed by atoms with Crippen LogP contribution in [0.15, 0.2) is 6.07 Å². The van der Waals surface area contributed by atoms with Crippen molar-refractivity contribution < 1.29 is 19.4 Å². The first-order valence-electron chi connectivity index (χ1n) is 8.98. The zero-order valence-electron chi connectivity index (χ0n) is 16.3. The molecule has 1 amide bonds. The number of hydrogen-bond acceptors (Lipinski definition) is 3. The van der Waals surface area contributed by atoms with Gasteiger partial charge in [-0.05, 0) is 47.1 Å². The van der Waals surface area contributed by atoms with Gasteiger partial charge in [-0.3, -0.25) is 9.59 Å². The van der Waals surface area contributed by atoms with Crippen molar-refractivity contribution in [2.75, 3.05) is 26.3 Å². The molecule has 1 aromatic heterocycles. The minimum absolute atomic E-state index is 0.107. The Balaban J connectivity index is 3.01. The smallest absolute Gasteiger partial charge is 0.308 e. The second-order valence-corrected chi connectivity index (χ2v) is 6.79. The molecular weight excluding hydrogens is 320 g/mol. The molecular formula is C19H32N2O4. The topological polar surface area (TPSA) is 71.8 Å². The molecule has 0 fully saturated rings. The molecule has 1 rings (SSSR count). The van der Waals surface area contributed by atoms with Crippen LogP contribution in [0.1, 0.15) is 61.9 Å². The average molecular weight is 352 g/mol. The van der Waals surface area contributed by atoms with Crippen molar-refractivity contribution in [1.29, 1.82) is 0 Å². The summed E-state index contributed by atoms with van der Waals surface area (Å²) in [5.74, 6) is -1.61. The maximum atomic E-state index is 13.1. The largest absolute Gasteiger partial charge is 0.481 e. The van der Waals surface area contributed by atoms with Crippen LogP contribution in [0.3, 0.4) is 0 Å². The first kappa shape index (κ1) is 21.2. The highest BCUT2D eigenvalue weighted by atomic mass is 16.5. The number of carbonyl (C=O) groups excluding carboxylic acids is 1. The molecule has 0 bridgehead atoms. The van der Waals surface area contributed by atoms with Crippen molar-refractivity contribution in [3.8, 4) is 0 Å². The van der Waals surface area contributed by atoms with Crippen molar-refractivity contribution in [1.82, 2.24) is 9.47 Å². The summed E-state index contributed by atoms with van der Waals surface area (Å²) in [6.45, 7) is 13.5. The normalized spacial score (nSPS) is 12.4. The molecule has 6 heteroatoms. The Hall–Kier alpha value is -1.82. The lowest BCUT2D eigenvalue weighted by molar-refractivity contribution is -0.141. The van der Waals surface area contributed by atoms with Crippen molar-refractivity contribution >= 4 is 11.9 Å². The fourth-order valence-electron chi connectivity index (χ4n) is 3.14. The van der Waals surface area contributed by atoms with E-state index >= 15 is 0 Å². The second-order valence-electron chi connectivity index (χ2n) is 6.79. The van der Waals surface area contributed by atoms with Crippen LogP contribution in [0.4, 0.5) is 0 Å². The Bertz CT molecular complexity index is 592. The number of aromatic nitrogens is 1. The van der Waals surface area contributed by atoms with E-state index in [-0.39, 0.29) is 18.5 Å². The number of nitrogens with zero attached hydrogens (tertiary/aromatic N) is 2. The molecule has 0 aliphatic carbocycles. The molecule has 0 aliphatic heterocycles. The van der Waals surface area contributed by atoms with E-state index in [9.17, 15) is 14.7 Å². The maximum absolute atomic E-state index is 13.1. The minimum Gasteiger partial charge on any atom is -0.481 e. The van der Waals surface area contributed by atoms with E-state index in [4.69, 9.17) is 4.74 Å². The van der Waals surface area contributed by atoms with Crippen LogP contribution in [0, 0.1) is 19.8 Å². The molecule has 0 saturated heterocycles. The third-order valence-electron chi connectivity index (χ3n) is 4.36. The van der Waals surface area contributed by atoms with Crippen LogP contribution in [-0.2, 0) is 9.53 Å². The summed E-state index contributed by atoms with van der Waals surface area (Å²) in [4.78, 5) is 25.9. The highest BCUT2D eigenvalue weighted by molar-refractivity contribution is 5.96. The fraction of sp³-hybridized carbons (Fsp3) is 0.684. The first-order chi connectivity index (χ1) is 11.7. The lowest BCUT2D eigenvalue weighted by atomic mass is 10.1. The van der Waals surface area contributed by atoms with Crippen molar-refractivity contribution in [2.24, 2.45) is 5.92 Å². The molecule has 0 spiro atoms. The Morgan fingerprint density at radius 1 is 1.28 bits per heavy atom. The summed E-state index contributed by atoms with van der Waals surface area (Å²) in [5.41, 5.74) is 2.62. The van der Waals surface area contributed by atoms with Gasteiger partial charge in [0.25, 0.3) is 5.91 Å². The van der Waals surface area contributed by atoms with Gasteiger partial charge in [-0.25, -0.2) is 0 Å². The van der Waals surface area contributed by atoms with Crippen LogP contribution in [0.2, 0.25) is 0 Å². The van der Waals surface area contributed by atoms with Gasteiger partial charge < -0.3 is 19.3 Å². The number of rotatable bonds is 10. The van der Waals surface area contributed by atoms with Crippen molar-refractivity contribution in [2.45, 2.75) is 54.0 Å². The summed E-state index contributed by atoms with van der Waals surface area (Å²) in [6.07, 6.45) is 0.689. The number of carboxylic acids is 1. The van der Waals surface area contributed by atoms with Gasteiger partial charge in [0.05, 0.1) is 11.5 Å². The van der Waals surface area contributed by atoms with Crippen LogP contribution in [0.5, 0.6) is 0 Å². The summed E-state index contributed by atoms with van der Waals surface area (Å²) in [5, 5.41) is 9.20. The SMILES string of the molecule is CCOCCCN(CC(C)C(=O)O)C(=O)c1cc(C)n(C(C)C)c1C. The molecule has 1 unspecified atom stereocenters. The van der Waals surface area contributed by atoms with Gasteiger partial charge in [0.15, 0.2) is 0 Å². The molecule has 0 radical (unpaired) electrons. The van der Waals surface area contributed by atoms with Crippen molar-refractivity contribution in [3.63, 3.8) is 0 Å². The number of aryl methyl sites for hydroxylation is 1. The Labute approximate surface area is 150 Å². The third kappa shape index (κ3) is 5.59. The molecule has 0 aromatic carbocycles. The monoisotopic (exact) mass is 352 g/mol. The molecule has 0 saturated carbocycles. The Kier molecular flexibility index (Phi) is 8.16. The molecule has 1 heterocycles. The minimum atomic E-state index is -0.893. The van der Waals surface area contributed by atoms with Gasteiger partial charge in [-0.2, -0.15) is 0 Å². The number of carboxylic acid groups (broad SMARTS) is 1. The molecule has 1 atom stereocenters. The van der Waals surface area contributed by atoms with Gasteiger partial charge in [0, 0.05) is 43.7 Å². The molecule has 1 N–H and O–H groups in total. The summed E-state index contributed by atoms with van der Waals surface area (Å²) in [6, 6.07) is 2.17. The standard InChI is InChI=1S/C19H32N2O4/c1-7-25-10-8-9-20(12-14(4)19(23)24)18(22)17-11-15(5)21(13(2)3)16(17)6/h11,13-14H,7-10,12H2,1-6H3,(H,23,24). The second kappa shape index (κ2) is 9.61. The van der Waals surface area contributed by atoms with Crippen molar-refractivity contribution in [3.05, 3.63) is 23.0 Å². The lowest BCUT2D eigenvalue weighted by Gasteiger charge is -2.25. The quantitative estimate of drug-likeness (QED) is 0.656. The summed E-state index contributed by atoms with van der Waals surface area (Å²) in [7, 11) is 0. The van der Waals surface area contributed by atoms with E-state index in [1.165, 1.54) is 0 Å². The summed E-state index contributed by atoms with van der Waals surface area (Å²) < 4.78 is 7.47. The Morgan fingerprint density at radius 3 is 2.40 bits per heavy atom. The van der Waals surface area contributed by atoms with E-state index < -0.39 is 11.9 Å². The maximum Gasteiger partial charge on any atom is 0.308 e. The molecule has 0 aliphatic rings. The van der Waals surface area contributed by atoms with Crippen LogP contribution < -0.4 is 0 Å². The van der Waals surface area contributed by atoms with E-state index in [2.05, 4.69) is 18.4 Å². The lowest BCUT2D eigenvalue weighted by Crippen LogP contribution is -2.38. The predicted octanol–water partition coefficient (Wildman–Crippen LogP) is 3.28. The van der Waals surface area contributed by atoms with Gasteiger partial charge in [-0.1, -0.05) is 6.92 Å². The zero-order chi connectivity index (χ0) is 19.1. The highest BCUT2D eigenvalue weighted by Gasteiger charge is 2.25. The third-order valence-corrected chi connectivity index (χ3v) is 4.36. The number of carbonyl (C=O) groups is 2. The van der Waals surface area contributed by atoms with Gasteiger partial charge in [0.2, 0.25) is 0 Å². The fourth-order valence-corrected chi connectivity index (χ4v) is 3.14. The van der Waals surface area contributed by atoms with E-state index in [1.807, 2.05) is 26.8 Å². The van der Waals surface area contributed by atoms with E-state index in [1.54, 1.807) is 11.8 Å². The van der Waals surface area contributed by atoms with Crippen LogP contribution in [0.25, 0.3) is 0 Å². The van der Waals surface area contributed by atoms with Gasteiger partial charge >= 0.3 is 5.97 Å².